The monoisotopic (exact) mass is 272 g/mol. The summed E-state index contributed by atoms with van der Waals surface area (Å²) in [4.78, 5) is 4.26. The Bertz CT molecular complexity index is 553. The summed E-state index contributed by atoms with van der Waals surface area (Å²) in [6.45, 7) is 5.27. The number of hydrogen-bond donors (Lipinski definition) is 1. The van der Waals surface area contributed by atoms with Crippen LogP contribution >= 0.6 is 0 Å². The third-order valence-electron chi connectivity index (χ3n) is 2.94. The van der Waals surface area contributed by atoms with Crippen LogP contribution in [0.4, 0.5) is 5.69 Å². The van der Waals surface area contributed by atoms with Gasteiger partial charge in [-0.15, -0.1) is 0 Å². The molecule has 0 saturated carbocycles. The van der Waals surface area contributed by atoms with Crippen molar-refractivity contribution in [3.05, 3.63) is 47.8 Å². The third-order valence-corrected chi connectivity index (χ3v) is 2.94. The van der Waals surface area contributed by atoms with Crippen molar-refractivity contribution in [2.24, 2.45) is 0 Å². The minimum absolute atomic E-state index is 0.620. The van der Waals surface area contributed by atoms with E-state index in [0.717, 1.165) is 35.0 Å². The molecule has 4 nitrogen and oxygen atoms in total. The van der Waals surface area contributed by atoms with Crippen molar-refractivity contribution in [3.8, 4) is 11.5 Å². The van der Waals surface area contributed by atoms with Gasteiger partial charge in [-0.3, -0.25) is 4.98 Å². The van der Waals surface area contributed by atoms with E-state index in [2.05, 4.69) is 10.3 Å². The van der Waals surface area contributed by atoms with Crippen molar-refractivity contribution in [1.29, 1.82) is 0 Å². The van der Waals surface area contributed by atoms with Crippen LogP contribution in [-0.2, 0) is 6.54 Å². The van der Waals surface area contributed by atoms with Gasteiger partial charge in [0.25, 0.3) is 0 Å². The molecule has 1 aromatic heterocycles. The van der Waals surface area contributed by atoms with Gasteiger partial charge in [0.05, 0.1) is 25.6 Å². The second-order valence-electron chi connectivity index (χ2n) is 4.46. The molecule has 0 aliphatic heterocycles. The van der Waals surface area contributed by atoms with E-state index in [-0.39, 0.29) is 0 Å². The predicted molar refractivity (Wildman–Crippen MR) is 80.5 cm³/mol. The van der Waals surface area contributed by atoms with Crippen LogP contribution < -0.4 is 14.8 Å². The Morgan fingerprint density at radius 3 is 2.65 bits per heavy atom. The summed E-state index contributed by atoms with van der Waals surface area (Å²) in [7, 11) is 1.65. The van der Waals surface area contributed by atoms with Gasteiger partial charge in [0, 0.05) is 12.2 Å². The van der Waals surface area contributed by atoms with Gasteiger partial charge >= 0.3 is 0 Å². The van der Waals surface area contributed by atoms with Crippen molar-refractivity contribution in [3.63, 3.8) is 0 Å². The highest BCUT2D eigenvalue weighted by atomic mass is 16.5. The van der Waals surface area contributed by atoms with Gasteiger partial charge < -0.3 is 14.8 Å². The molecule has 0 fully saturated rings. The molecular weight excluding hydrogens is 252 g/mol. The number of methoxy groups -OCH3 is 1. The summed E-state index contributed by atoms with van der Waals surface area (Å²) in [5.74, 6) is 1.53. The molecule has 0 saturated heterocycles. The number of benzene rings is 1. The number of nitrogens with one attached hydrogen (secondary N) is 1. The van der Waals surface area contributed by atoms with Crippen molar-refractivity contribution in [1.82, 2.24) is 4.98 Å². The molecule has 106 valence electrons. The van der Waals surface area contributed by atoms with Gasteiger partial charge in [-0.05, 0) is 43.7 Å². The lowest BCUT2D eigenvalue weighted by Gasteiger charge is -2.12. The molecule has 1 aromatic carbocycles. The van der Waals surface area contributed by atoms with E-state index < -0.39 is 0 Å². The van der Waals surface area contributed by atoms with Crippen molar-refractivity contribution in [2.75, 3.05) is 19.0 Å². The van der Waals surface area contributed by atoms with E-state index in [9.17, 15) is 0 Å². The topological polar surface area (TPSA) is 43.4 Å². The van der Waals surface area contributed by atoms with Gasteiger partial charge in [0.1, 0.15) is 0 Å². The number of pyridine rings is 1. The molecule has 1 N–H and O–H groups in total. The molecule has 1 heterocycles. The van der Waals surface area contributed by atoms with E-state index in [4.69, 9.17) is 9.47 Å². The summed E-state index contributed by atoms with van der Waals surface area (Å²) in [6, 6.07) is 9.96. The van der Waals surface area contributed by atoms with E-state index >= 15 is 0 Å². The Hall–Kier alpha value is -2.23. The lowest BCUT2D eigenvalue weighted by molar-refractivity contribution is 0.310. The molecule has 2 rings (SSSR count). The van der Waals surface area contributed by atoms with Gasteiger partial charge in [0.15, 0.2) is 11.5 Å². The fourth-order valence-electron chi connectivity index (χ4n) is 1.88. The molecule has 0 aliphatic carbocycles. The average molecular weight is 272 g/mol. The Kier molecular flexibility index (Phi) is 4.82. The Morgan fingerprint density at radius 2 is 2.00 bits per heavy atom. The number of aryl methyl sites for hydroxylation is 1. The number of ether oxygens (including phenoxy) is 2. The van der Waals surface area contributed by atoms with E-state index in [1.807, 2.05) is 50.4 Å². The summed E-state index contributed by atoms with van der Waals surface area (Å²) in [5, 5.41) is 3.34. The predicted octanol–water partition coefficient (Wildman–Crippen LogP) is 3.41. The smallest absolute Gasteiger partial charge is 0.161 e. The van der Waals surface area contributed by atoms with Gasteiger partial charge in [-0.2, -0.15) is 0 Å². The molecule has 4 heteroatoms. The Labute approximate surface area is 119 Å². The number of anilines is 1. The lowest BCUT2D eigenvalue weighted by Crippen LogP contribution is -2.02. The maximum absolute atomic E-state index is 5.57. The molecule has 0 spiro atoms. The second kappa shape index (κ2) is 6.80. The molecule has 0 unspecified atom stereocenters. The summed E-state index contributed by atoms with van der Waals surface area (Å²) in [5.41, 5.74) is 3.15. The number of rotatable bonds is 6. The maximum Gasteiger partial charge on any atom is 0.161 e. The molecule has 0 radical (unpaired) electrons. The zero-order valence-corrected chi connectivity index (χ0v) is 12.1. The minimum atomic E-state index is 0.620. The summed E-state index contributed by atoms with van der Waals surface area (Å²) >= 11 is 0. The maximum atomic E-state index is 5.57. The SMILES string of the molecule is CCOc1cc(CNc2ccc(C)nc2)ccc1OC. The van der Waals surface area contributed by atoms with Crippen LogP contribution in [0.5, 0.6) is 11.5 Å². The molecule has 0 bridgehead atoms. The third kappa shape index (κ3) is 3.63. The molecule has 0 atom stereocenters. The van der Waals surface area contributed by atoms with E-state index in [0.29, 0.717) is 6.61 Å². The highest BCUT2D eigenvalue weighted by Crippen LogP contribution is 2.28. The largest absolute Gasteiger partial charge is 0.493 e. The van der Waals surface area contributed by atoms with Crippen LogP contribution in [0.3, 0.4) is 0 Å². The van der Waals surface area contributed by atoms with Crippen molar-refractivity contribution >= 4 is 5.69 Å². The molecule has 0 aliphatic rings. The first-order valence-corrected chi connectivity index (χ1v) is 6.69. The normalized spacial score (nSPS) is 10.2. The zero-order valence-electron chi connectivity index (χ0n) is 12.1. The summed E-state index contributed by atoms with van der Waals surface area (Å²) < 4.78 is 10.8. The van der Waals surface area contributed by atoms with E-state index in [1.54, 1.807) is 7.11 Å². The molecular formula is C16H20N2O2. The fourth-order valence-corrected chi connectivity index (χ4v) is 1.88. The number of nitrogens with zero attached hydrogens (tertiary/aromatic N) is 1. The summed E-state index contributed by atoms with van der Waals surface area (Å²) in [6.07, 6.45) is 1.84. The first kappa shape index (κ1) is 14.2. The standard InChI is InChI=1S/C16H20N2O2/c1-4-20-16-9-13(6-8-15(16)19-3)10-18-14-7-5-12(2)17-11-14/h5-9,11,18H,4,10H2,1-3H3. The number of aromatic nitrogens is 1. The highest BCUT2D eigenvalue weighted by Gasteiger charge is 2.05. The van der Waals surface area contributed by atoms with Gasteiger partial charge in [-0.25, -0.2) is 0 Å². The Morgan fingerprint density at radius 1 is 1.15 bits per heavy atom. The highest BCUT2D eigenvalue weighted by molar-refractivity contribution is 5.46. The van der Waals surface area contributed by atoms with Crippen LogP contribution in [0.1, 0.15) is 18.2 Å². The molecule has 2 aromatic rings. The van der Waals surface area contributed by atoms with Crippen LogP contribution in [-0.4, -0.2) is 18.7 Å². The Balaban J connectivity index is 2.05. The van der Waals surface area contributed by atoms with Crippen LogP contribution in [0, 0.1) is 6.92 Å². The molecule has 0 amide bonds. The van der Waals surface area contributed by atoms with E-state index in [1.165, 1.54) is 0 Å². The van der Waals surface area contributed by atoms with Crippen molar-refractivity contribution < 1.29 is 9.47 Å². The molecule has 20 heavy (non-hydrogen) atoms. The second-order valence-corrected chi connectivity index (χ2v) is 4.46. The van der Waals surface area contributed by atoms with Gasteiger partial charge in [0.2, 0.25) is 0 Å². The lowest BCUT2D eigenvalue weighted by atomic mass is 10.2. The quantitative estimate of drug-likeness (QED) is 0.875. The van der Waals surface area contributed by atoms with Crippen LogP contribution in [0.2, 0.25) is 0 Å². The van der Waals surface area contributed by atoms with Gasteiger partial charge in [-0.1, -0.05) is 6.07 Å². The minimum Gasteiger partial charge on any atom is -0.493 e. The average Bonchev–Trinajstić information content (AvgIpc) is 2.47. The first-order valence-electron chi connectivity index (χ1n) is 6.69. The first-order chi connectivity index (χ1) is 9.72. The fraction of sp³-hybridized carbons (Fsp3) is 0.312. The van der Waals surface area contributed by atoms with Crippen LogP contribution in [0.15, 0.2) is 36.5 Å². The van der Waals surface area contributed by atoms with Crippen molar-refractivity contribution in [2.45, 2.75) is 20.4 Å². The van der Waals surface area contributed by atoms with Crippen LogP contribution in [0.25, 0.3) is 0 Å². The number of hydrogen-bond acceptors (Lipinski definition) is 4. The zero-order chi connectivity index (χ0) is 14.4.